The van der Waals surface area contributed by atoms with E-state index in [1.807, 2.05) is 0 Å². The molecule has 0 aliphatic heterocycles. The predicted octanol–water partition coefficient (Wildman–Crippen LogP) is 7.19. The van der Waals surface area contributed by atoms with Gasteiger partial charge >= 0.3 is 0 Å². The Hall–Kier alpha value is -0.920. The molecule has 0 atom stereocenters. The summed E-state index contributed by atoms with van der Waals surface area (Å²) in [5, 5.41) is 0. The molecule has 0 nitrogen and oxygen atoms in total. The van der Waals surface area contributed by atoms with E-state index in [-0.39, 0.29) is 10.3 Å². The lowest BCUT2D eigenvalue weighted by Gasteiger charge is -2.37. The van der Waals surface area contributed by atoms with E-state index in [9.17, 15) is 8.78 Å². The number of rotatable bonds is 2. The summed E-state index contributed by atoms with van der Waals surface area (Å²) in [7, 11) is 0. The summed E-state index contributed by atoms with van der Waals surface area (Å²) in [5.41, 5.74) is 0.990. The first-order valence-corrected chi connectivity index (χ1v) is 8.58. The molecule has 0 saturated heterocycles. The Balaban J connectivity index is 0.00000176. The largest absolute Gasteiger partial charge is 0.204 e. The second-order valence-corrected chi connectivity index (χ2v) is 7.31. The van der Waals surface area contributed by atoms with Crippen LogP contribution in [0.2, 0.25) is 0 Å². The van der Waals surface area contributed by atoms with Crippen LogP contribution in [0.3, 0.4) is 0 Å². The highest BCUT2D eigenvalue weighted by Crippen LogP contribution is 2.43. The second kappa shape index (κ2) is 7.57. The van der Waals surface area contributed by atoms with Crippen LogP contribution in [0.5, 0.6) is 0 Å². The molecule has 1 aromatic rings. The fraction of sp³-hybridized carbons (Fsp3) is 0.700. The SMILES string of the molecule is C.CC1CCC(C2CCC(c3ccc(F)c(F)c3)CC2)CC1.[HH].[HH]. The van der Waals surface area contributed by atoms with Crippen molar-refractivity contribution in [2.75, 3.05) is 0 Å². The lowest BCUT2D eigenvalue weighted by atomic mass is 9.68. The molecule has 128 valence electrons. The Morgan fingerprint density at radius 3 is 1.91 bits per heavy atom. The Labute approximate surface area is 137 Å². The quantitative estimate of drug-likeness (QED) is 0.542. The number of benzene rings is 1. The average molecular weight is 312 g/mol. The van der Waals surface area contributed by atoms with Crippen LogP contribution < -0.4 is 0 Å². The fourth-order valence-electron chi connectivity index (χ4n) is 4.45. The first kappa shape index (κ1) is 17.4. The summed E-state index contributed by atoms with van der Waals surface area (Å²) in [4.78, 5) is 0. The van der Waals surface area contributed by atoms with Crippen LogP contribution in [0.25, 0.3) is 0 Å². The van der Waals surface area contributed by atoms with E-state index < -0.39 is 11.6 Å². The van der Waals surface area contributed by atoms with E-state index in [4.69, 9.17) is 0 Å². The van der Waals surface area contributed by atoms with Crippen molar-refractivity contribution in [2.24, 2.45) is 17.8 Å². The first-order valence-electron chi connectivity index (χ1n) is 8.58. The fourth-order valence-corrected chi connectivity index (χ4v) is 4.45. The van der Waals surface area contributed by atoms with Gasteiger partial charge in [-0.15, -0.1) is 0 Å². The van der Waals surface area contributed by atoms with Crippen molar-refractivity contribution in [3.05, 3.63) is 35.4 Å². The molecular weight excluding hydrogens is 278 g/mol. The van der Waals surface area contributed by atoms with Crippen LogP contribution >= 0.6 is 0 Å². The molecule has 0 spiro atoms. The molecule has 0 unspecified atom stereocenters. The van der Waals surface area contributed by atoms with Crippen molar-refractivity contribution in [3.63, 3.8) is 0 Å². The molecule has 2 saturated carbocycles. The zero-order valence-corrected chi connectivity index (χ0v) is 13.0. The van der Waals surface area contributed by atoms with E-state index in [1.54, 1.807) is 6.07 Å². The number of hydrogen-bond donors (Lipinski definition) is 0. The average Bonchev–Trinajstić information content (AvgIpc) is 2.51. The van der Waals surface area contributed by atoms with Crippen molar-refractivity contribution >= 4 is 0 Å². The Kier molecular flexibility index (Phi) is 6.00. The molecule has 0 N–H and O–H groups in total. The lowest BCUT2D eigenvalue weighted by Crippen LogP contribution is -2.24. The summed E-state index contributed by atoms with van der Waals surface area (Å²) in [6.07, 6.45) is 10.4. The third kappa shape index (κ3) is 3.88. The highest BCUT2D eigenvalue weighted by Gasteiger charge is 2.30. The molecule has 22 heavy (non-hydrogen) atoms. The van der Waals surface area contributed by atoms with Gasteiger partial charge in [0, 0.05) is 2.85 Å². The molecule has 2 aliphatic rings. The molecule has 0 radical (unpaired) electrons. The van der Waals surface area contributed by atoms with Crippen molar-refractivity contribution < 1.29 is 11.6 Å². The second-order valence-electron chi connectivity index (χ2n) is 7.31. The van der Waals surface area contributed by atoms with E-state index in [1.165, 1.54) is 50.7 Å². The molecular formula is C20H34F2. The van der Waals surface area contributed by atoms with E-state index >= 15 is 0 Å². The van der Waals surface area contributed by atoms with Crippen LogP contribution in [0, 0.1) is 29.4 Å². The highest BCUT2D eigenvalue weighted by atomic mass is 19.2. The maximum atomic E-state index is 13.4. The van der Waals surface area contributed by atoms with Crippen molar-refractivity contribution in [1.82, 2.24) is 0 Å². The molecule has 0 heterocycles. The van der Waals surface area contributed by atoms with Crippen molar-refractivity contribution in [1.29, 1.82) is 0 Å². The van der Waals surface area contributed by atoms with Gasteiger partial charge in [-0.2, -0.15) is 0 Å². The molecule has 2 aliphatic carbocycles. The van der Waals surface area contributed by atoms with E-state index in [0.717, 1.165) is 36.2 Å². The summed E-state index contributed by atoms with van der Waals surface area (Å²) in [5.74, 6) is 1.71. The normalized spacial score (nSPS) is 32.3. The van der Waals surface area contributed by atoms with Crippen LogP contribution in [-0.2, 0) is 0 Å². The predicted molar refractivity (Wildman–Crippen MR) is 93.1 cm³/mol. The monoisotopic (exact) mass is 312 g/mol. The smallest absolute Gasteiger partial charge is 0.159 e. The summed E-state index contributed by atoms with van der Waals surface area (Å²) in [6, 6.07) is 4.45. The minimum atomic E-state index is -0.733. The van der Waals surface area contributed by atoms with Gasteiger partial charge in [0.25, 0.3) is 0 Å². The van der Waals surface area contributed by atoms with Gasteiger partial charge in [0.15, 0.2) is 11.6 Å². The van der Waals surface area contributed by atoms with Crippen LogP contribution in [0.4, 0.5) is 8.78 Å². The lowest BCUT2D eigenvalue weighted by molar-refractivity contribution is 0.165. The molecule has 0 aromatic heterocycles. The van der Waals surface area contributed by atoms with Gasteiger partial charge in [-0.3, -0.25) is 0 Å². The summed E-state index contributed by atoms with van der Waals surface area (Å²) in [6.45, 7) is 2.37. The molecule has 3 rings (SSSR count). The van der Waals surface area contributed by atoms with Gasteiger partial charge in [0.05, 0.1) is 0 Å². The molecule has 1 aromatic carbocycles. The summed E-state index contributed by atoms with van der Waals surface area (Å²) < 4.78 is 26.4. The number of halogens is 2. The van der Waals surface area contributed by atoms with Crippen LogP contribution in [0.15, 0.2) is 18.2 Å². The third-order valence-corrected chi connectivity index (χ3v) is 5.91. The maximum absolute atomic E-state index is 13.4. The zero-order chi connectivity index (χ0) is 14.8. The first-order chi connectivity index (χ1) is 10.1. The number of hydrogen-bond acceptors (Lipinski definition) is 0. The van der Waals surface area contributed by atoms with Gasteiger partial charge < -0.3 is 0 Å². The zero-order valence-electron chi connectivity index (χ0n) is 13.0. The minimum Gasteiger partial charge on any atom is -0.204 e. The van der Waals surface area contributed by atoms with Crippen LogP contribution in [0.1, 0.15) is 80.1 Å². The maximum Gasteiger partial charge on any atom is 0.159 e. The topological polar surface area (TPSA) is 0 Å². The van der Waals surface area contributed by atoms with Crippen LogP contribution in [-0.4, -0.2) is 0 Å². The van der Waals surface area contributed by atoms with Gasteiger partial charge in [-0.25, -0.2) is 8.78 Å². The summed E-state index contributed by atoms with van der Waals surface area (Å²) >= 11 is 0. The Morgan fingerprint density at radius 1 is 0.818 bits per heavy atom. The molecule has 2 fully saturated rings. The van der Waals surface area contributed by atoms with Gasteiger partial charge in [0.2, 0.25) is 0 Å². The van der Waals surface area contributed by atoms with Gasteiger partial charge in [-0.1, -0.05) is 33.3 Å². The van der Waals surface area contributed by atoms with E-state index in [2.05, 4.69) is 6.92 Å². The van der Waals surface area contributed by atoms with Crippen molar-refractivity contribution in [2.45, 2.75) is 71.6 Å². The Morgan fingerprint density at radius 2 is 1.36 bits per heavy atom. The third-order valence-electron chi connectivity index (χ3n) is 5.91. The molecule has 0 bridgehead atoms. The minimum absolute atomic E-state index is 0. The van der Waals surface area contributed by atoms with Gasteiger partial charge in [0.1, 0.15) is 0 Å². The standard InChI is InChI=1S/C19H26F2.CH4.2H2/c1-13-2-4-14(5-3-13)15-6-8-16(9-7-15)17-10-11-18(20)19(21)12-17;;;/h10-16H,2-9H2,1H3;1H4;2*1H. The highest BCUT2D eigenvalue weighted by molar-refractivity contribution is 5.22. The molecule has 0 amide bonds. The van der Waals surface area contributed by atoms with E-state index in [0.29, 0.717) is 5.92 Å². The van der Waals surface area contributed by atoms with Crippen molar-refractivity contribution in [3.8, 4) is 0 Å². The van der Waals surface area contributed by atoms with Gasteiger partial charge in [-0.05, 0) is 79.9 Å². The molecule has 2 heteroatoms. The Bertz CT molecular complexity index is 477.